The van der Waals surface area contributed by atoms with E-state index in [-0.39, 0.29) is 5.82 Å². The first-order chi connectivity index (χ1) is 8.93. The Bertz CT molecular complexity index is 449. The van der Waals surface area contributed by atoms with Crippen LogP contribution >= 0.6 is 0 Å². The van der Waals surface area contributed by atoms with E-state index in [9.17, 15) is 4.39 Å². The van der Waals surface area contributed by atoms with E-state index >= 15 is 0 Å². The quantitative estimate of drug-likeness (QED) is 0.856. The Kier molecular flexibility index (Phi) is 5.94. The lowest BCUT2D eigenvalue weighted by atomic mass is 10.0. The Morgan fingerprint density at radius 1 is 1.37 bits per heavy atom. The summed E-state index contributed by atoms with van der Waals surface area (Å²) in [4.78, 5) is 2.11. The van der Waals surface area contributed by atoms with Crippen LogP contribution in [-0.2, 0) is 6.54 Å². The van der Waals surface area contributed by atoms with Crippen molar-refractivity contribution in [3.8, 4) is 6.07 Å². The highest BCUT2D eigenvalue weighted by atomic mass is 19.1. The minimum Gasteiger partial charge on any atom is -0.308 e. The van der Waals surface area contributed by atoms with E-state index in [0.717, 1.165) is 6.54 Å². The van der Waals surface area contributed by atoms with Gasteiger partial charge in [0.25, 0.3) is 0 Å². The molecule has 0 amide bonds. The van der Waals surface area contributed by atoms with Crippen molar-refractivity contribution in [1.29, 1.82) is 5.26 Å². The largest absolute Gasteiger partial charge is 0.308 e. The topological polar surface area (TPSA) is 39.1 Å². The molecule has 0 aromatic heterocycles. The molecular weight excluding hydrogens is 241 g/mol. The third kappa shape index (κ3) is 4.98. The molecule has 0 saturated carbocycles. The van der Waals surface area contributed by atoms with Crippen LogP contribution in [0.4, 0.5) is 4.39 Å². The summed E-state index contributed by atoms with van der Waals surface area (Å²) in [6, 6.07) is 6.78. The number of rotatable bonds is 6. The zero-order chi connectivity index (χ0) is 14.4. The maximum atomic E-state index is 13.7. The van der Waals surface area contributed by atoms with Crippen LogP contribution in [-0.4, -0.2) is 31.6 Å². The van der Waals surface area contributed by atoms with Gasteiger partial charge >= 0.3 is 0 Å². The molecular formula is C15H22FN3. The maximum Gasteiger partial charge on any atom is 0.127 e. The first-order valence-corrected chi connectivity index (χ1v) is 6.50. The second kappa shape index (κ2) is 7.22. The number of nitrogens with one attached hydrogen (secondary N) is 1. The van der Waals surface area contributed by atoms with Gasteiger partial charge in [-0.05, 0) is 38.2 Å². The van der Waals surface area contributed by atoms with Gasteiger partial charge in [0.05, 0.1) is 11.6 Å². The highest BCUT2D eigenvalue weighted by molar-refractivity contribution is 5.33. The summed E-state index contributed by atoms with van der Waals surface area (Å²) in [7, 11) is 4.04. The zero-order valence-electron chi connectivity index (χ0n) is 12.1. The molecule has 0 saturated heterocycles. The molecule has 1 unspecified atom stereocenters. The van der Waals surface area contributed by atoms with E-state index in [0.29, 0.717) is 29.6 Å². The lowest BCUT2D eigenvalue weighted by Crippen LogP contribution is -2.41. The summed E-state index contributed by atoms with van der Waals surface area (Å²) in [6.45, 7) is 5.63. The van der Waals surface area contributed by atoms with Crippen LogP contribution in [0.15, 0.2) is 18.2 Å². The summed E-state index contributed by atoms with van der Waals surface area (Å²) in [5, 5.41) is 12.2. The normalized spacial score (nSPS) is 12.7. The van der Waals surface area contributed by atoms with Crippen molar-refractivity contribution in [3.05, 3.63) is 35.1 Å². The van der Waals surface area contributed by atoms with Gasteiger partial charge in [-0.2, -0.15) is 5.26 Å². The molecule has 3 nitrogen and oxygen atoms in total. The van der Waals surface area contributed by atoms with Gasteiger partial charge in [-0.25, -0.2) is 4.39 Å². The van der Waals surface area contributed by atoms with E-state index in [1.165, 1.54) is 12.1 Å². The highest BCUT2D eigenvalue weighted by Gasteiger charge is 2.14. The molecule has 19 heavy (non-hydrogen) atoms. The van der Waals surface area contributed by atoms with Crippen LogP contribution in [0.3, 0.4) is 0 Å². The first kappa shape index (κ1) is 15.6. The Balaban J connectivity index is 2.71. The van der Waals surface area contributed by atoms with Crippen molar-refractivity contribution in [2.75, 3.05) is 20.6 Å². The van der Waals surface area contributed by atoms with Gasteiger partial charge in [0.2, 0.25) is 0 Å². The Labute approximate surface area is 115 Å². The Hall–Kier alpha value is -1.44. The molecule has 0 heterocycles. The fourth-order valence-electron chi connectivity index (χ4n) is 1.93. The minimum absolute atomic E-state index is 0.265. The fraction of sp³-hybridized carbons (Fsp3) is 0.533. The average molecular weight is 263 g/mol. The number of nitriles is 1. The average Bonchev–Trinajstić information content (AvgIpc) is 2.35. The van der Waals surface area contributed by atoms with E-state index in [1.54, 1.807) is 6.07 Å². The highest BCUT2D eigenvalue weighted by Crippen LogP contribution is 2.11. The van der Waals surface area contributed by atoms with Gasteiger partial charge in [0.15, 0.2) is 0 Å². The second-order valence-corrected chi connectivity index (χ2v) is 5.41. The van der Waals surface area contributed by atoms with E-state index in [4.69, 9.17) is 5.26 Å². The predicted octanol–water partition coefficient (Wildman–Crippen LogP) is 2.37. The molecule has 1 aromatic rings. The Morgan fingerprint density at radius 2 is 2.05 bits per heavy atom. The molecule has 0 aliphatic rings. The number of likely N-dealkylation sites (N-methyl/N-ethyl adjacent to an activating group) is 1. The molecule has 4 heteroatoms. The van der Waals surface area contributed by atoms with E-state index < -0.39 is 0 Å². The van der Waals surface area contributed by atoms with Crippen molar-refractivity contribution in [2.24, 2.45) is 5.92 Å². The van der Waals surface area contributed by atoms with E-state index in [2.05, 4.69) is 24.1 Å². The molecule has 0 spiro atoms. The number of hydrogen-bond donors (Lipinski definition) is 1. The molecule has 1 atom stereocenters. The number of hydrogen-bond acceptors (Lipinski definition) is 3. The standard InChI is InChI=1S/C15H22FN3/c1-11(2)15(10-19(3)4)18-9-13-7-12(8-17)5-6-14(13)16/h5-7,11,15,18H,9-10H2,1-4H3. The maximum absolute atomic E-state index is 13.7. The summed E-state index contributed by atoms with van der Waals surface area (Å²) in [6.07, 6.45) is 0. The molecule has 0 fully saturated rings. The van der Waals surface area contributed by atoms with Crippen molar-refractivity contribution in [2.45, 2.75) is 26.4 Å². The van der Waals surface area contributed by atoms with Gasteiger partial charge in [-0.15, -0.1) is 0 Å². The van der Waals surface area contributed by atoms with Crippen LogP contribution in [0.5, 0.6) is 0 Å². The first-order valence-electron chi connectivity index (χ1n) is 6.50. The van der Waals surface area contributed by atoms with Crippen LogP contribution in [0.25, 0.3) is 0 Å². The summed E-state index contributed by atoms with van der Waals surface area (Å²) >= 11 is 0. The van der Waals surface area contributed by atoms with E-state index in [1.807, 2.05) is 20.2 Å². The molecule has 104 valence electrons. The van der Waals surface area contributed by atoms with Crippen LogP contribution in [0.1, 0.15) is 25.0 Å². The summed E-state index contributed by atoms with van der Waals surface area (Å²) < 4.78 is 13.7. The van der Waals surface area contributed by atoms with Crippen molar-refractivity contribution >= 4 is 0 Å². The van der Waals surface area contributed by atoms with Gasteiger partial charge in [0.1, 0.15) is 5.82 Å². The molecule has 1 aromatic carbocycles. The third-order valence-corrected chi connectivity index (χ3v) is 3.10. The smallest absolute Gasteiger partial charge is 0.127 e. The number of halogens is 1. The number of benzene rings is 1. The number of nitrogens with zero attached hydrogens (tertiary/aromatic N) is 2. The van der Waals surface area contributed by atoms with Gasteiger partial charge in [-0.1, -0.05) is 13.8 Å². The lowest BCUT2D eigenvalue weighted by molar-refractivity contribution is 0.287. The lowest BCUT2D eigenvalue weighted by Gasteiger charge is -2.26. The molecule has 0 aliphatic heterocycles. The molecule has 0 radical (unpaired) electrons. The van der Waals surface area contributed by atoms with Crippen molar-refractivity contribution < 1.29 is 4.39 Å². The van der Waals surface area contributed by atoms with Crippen LogP contribution in [0, 0.1) is 23.1 Å². The van der Waals surface area contributed by atoms with Gasteiger partial charge in [0, 0.05) is 24.7 Å². The SMILES string of the molecule is CC(C)C(CN(C)C)NCc1cc(C#N)ccc1F. The van der Waals surface area contributed by atoms with Gasteiger partial charge in [-0.3, -0.25) is 0 Å². The molecule has 1 rings (SSSR count). The van der Waals surface area contributed by atoms with Crippen molar-refractivity contribution in [3.63, 3.8) is 0 Å². The predicted molar refractivity (Wildman–Crippen MR) is 75.1 cm³/mol. The minimum atomic E-state index is -0.265. The zero-order valence-corrected chi connectivity index (χ0v) is 12.1. The molecule has 0 bridgehead atoms. The summed E-state index contributed by atoms with van der Waals surface area (Å²) in [5.74, 6) is 0.198. The fourth-order valence-corrected chi connectivity index (χ4v) is 1.93. The molecule has 1 N–H and O–H groups in total. The van der Waals surface area contributed by atoms with Crippen LogP contribution in [0.2, 0.25) is 0 Å². The monoisotopic (exact) mass is 263 g/mol. The molecule has 0 aliphatic carbocycles. The third-order valence-electron chi connectivity index (χ3n) is 3.10. The van der Waals surface area contributed by atoms with Gasteiger partial charge < -0.3 is 10.2 Å². The van der Waals surface area contributed by atoms with Crippen LogP contribution < -0.4 is 5.32 Å². The Morgan fingerprint density at radius 3 is 2.58 bits per heavy atom. The second-order valence-electron chi connectivity index (χ2n) is 5.41. The van der Waals surface area contributed by atoms with Crippen molar-refractivity contribution in [1.82, 2.24) is 10.2 Å². The summed E-state index contributed by atoms with van der Waals surface area (Å²) in [5.41, 5.74) is 1.04.